The van der Waals surface area contributed by atoms with Crippen LogP contribution in [0.1, 0.15) is 23.6 Å². The Kier molecular flexibility index (Phi) is 3.63. The highest BCUT2D eigenvalue weighted by molar-refractivity contribution is 6.36. The molecule has 0 aliphatic heterocycles. The smallest absolute Gasteiger partial charge is 0.138 e. The third kappa shape index (κ3) is 2.28. The van der Waals surface area contributed by atoms with Gasteiger partial charge in [0.05, 0.1) is 17.2 Å². The van der Waals surface area contributed by atoms with Crippen molar-refractivity contribution in [2.45, 2.75) is 18.9 Å². The molecule has 104 valence electrons. The van der Waals surface area contributed by atoms with Crippen LogP contribution in [0.5, 0.6) is 5.75 Å². The second kappa shape index (κ2) is 5.28. The highest BCUT2D eigenvalue weighted by Crippen LogP contribution is 2.39. The quantitative estimate of drug-likeness (QED) is 0.879. The molecule has 1 unspecified atom stereocenters. The second-order valence-electron chi connectivity index (χ2n) is 5.03. The Morgan fingerprint density at radius 2 is 1.95 bits per heavy atom. The highest BCUT2D eigenvalue weighted by Gasteiger charge is 2.20. The maximum Gasteiger partial charge on any atom is 0.138 e. The maximum absolute atomic E-state index is 6.33. The predicted molar refractivity (Wildman–Crippen MR) is 83.7 cm³/mol. The third-order valence-corrected chi connectivity index (χ3v) is 4.43. The zero-order valence-corrected chi connectivity index (χ0v) is 12.6. The lowest BCUT2D eigenvalue weighted by Crippen LogP contribution is -2.04. The molecule has 0 heterocycles. The molecule has 2 aromatic rings. The van der Waals surface area contributed by atoms with Gasteiger partial charge in [0.25, 0.3) is 0 Å². The first-order valence-electron chi connectivity index (χ1n) is 6.52. The van der Waals surface area contributed by atoms with Gasteiger partial charge in [0.1, 0.15) is 5.75 Å². The molecule has 0 fully saturated rings. The number of benzene rings is 2. The number of nitrogens with two attached hydrogens (primary N) is 1. The van der Waals surface area contributed by atoms with Gasteiger partial charge in [-0.05, 0) is 35.6 Å². The monoisotopic (exact) mass is 307 g/mol. The Morgan fingerprint density at radius 3 is 2.70 bits per heavy atom. The lowest BCUT2D eigenvalue weighted by Gasteiger charge is -2.11. The van der Waals surface area contributed by atoms with E-state index in [-0.39, 0.29) is 6.04 Å². The molecule has 1 aliphatic carbocycles. The van der Waals surface area contributed by atoms with Crippen LogP contribution in [0.15, 0.2) is 30.3 Å². The van der Waals surface area contributed by atoms with Gasteiger partial charge in [-0.2, -0.15) is 0 Å². The number of hydrogen-bond acceptors (Lipinski definition) is 2. The molecule has 1 aliphatic rings. The summed E-state index contributed by atoms with van der Waals surface area (Å²) in [5, 5.41) is 1.19. The molecule has 4 heteroatoms. The summed E-state index contributed by atoms with van der Waals surface area (Å²) in [5.41, 5.74) is 10.6. The van der Waals surface area contributed by atoms with Crippen LogP contribution in [0.2, 0.25) is 10.0 Å². The topological polar surface area (TPSA) is 35.2 Å². The van der Waals surface area contributed by atoms with E-state index in [0.717, 1.165) is 24.0 Å². The molecule has 0 spiro atoms. The van der Waals surface area contributed by atoms with Gasteiger partial charge in [0.2, 0.25) is 0 Å². The summed E-state index contributed by atoms with van der Waals surface area (Å²) < 4.78 is 5.17. The Morgan fingerprint density at radius 1 is 1.15 bits per heavy atom. The minimum atomic E-state index is 0.161. The van der Waals surface area contributed by atoms with E-state index < -0.39 is 0 Å². The molecule has 20 heavy (non-hydrogen) atoms. The summed E-state index contributed by atoms with van der Waals surface area (Å²) in [7, 11) is 1.58. The summed E-state index contributed by atoms with van der Waals surface area (Å²) in [4.78, 5) is 0. The normalized spacial score (nSPS) is 17.1. The standard InChI is InChI=1S/C16H15Cl2NO/c1-20-16-8-13(17)12(7-14(16)18)10-2-4-11-9(6-10)3-5-15(11)19/h2,4,6-8,15H,3,5,19H2,1H3. The predicted octanol–water partition coefficient (Wildman–Crippen LogP) is 4.62. The number of methoxy groups -OCH3 is 1. The first-order valence-corrected chi connectivity index (χ1v) is 7.27. The maximum atomic E-state index is 6.33. The minimum absolute atomic E-state index is 0.161. The number of rotatable bonds is 2. The molecule has 0 saturated carbocycles. The molecule has 0 radical (unpaired) electrons. The molecule has 0 amide bonds. The molecule has 3 rings (SSSR count). The van der Waals surface area contributed by atoms with Crippen molar-refractivity contribution in [1.82, 2.24) is 0 Å². The Balaban J connectivity index is 2.08. The molecular weight excluding hydrogens is 293 g/mol. The number of halogens is 2. The summed E-state index contributed by atoms with van der Waals surface area (Å²) >= 11 is 12.5. The molecule has 2 nitrogen and oxygen atoms in total. The summed E-state index contributed by atoms with van der Waals surface area (Å²) in [6, 6.07) is 10.1. The Labute approximate surface area is 128 Å². The lowest BCUT2D eigenvalue weighted by molar-refractivity contribution is 0.415. The average molecular weight is 308 g/mol. The largest absolute Gasteiger partial charge is 0.495 e. The van der Waals surface area contributed by atoms with Crippen molar-refractivity contribution in [3.63, 3.8) is 0 Å². The van der Waals surface area contributed by atoms with Crippen molar-refractivity contribution in [2.75, 3.05) is 7.11 Å². The Bertz CT molecular complexity index is 670. The van der Waals surface area contributed by atoms with E-state index >= 15 is 0 Å². The second-order valence-corrected chi connectivity index (χ2v) is 5.84. The summed E-state index contributed by atoms with van der Waals surface area (Å²) in [5.74, 6) is 0.587. The van der Waals surface area contributed by atoms with Gasteiger partial charge in [-0.3, -0.25) is 0 Å². The lowest BCUT2D eigenvalue weighted by atomic mass is 9.99. The van der Waals surface area contributed by atoms with Crippen molar-refractivity contribution in [1.29, 1.82) is 0 Å². The van der Waals surface area contributed by atoms with Crippen molar-refractivity contribution < 1.29 is 4.74 Å². The van der Waals surface area contributed by atoms with Gasteiger partial charge in [-0.25, -0.2) is 0 Å². The van der Waals surface area contributed by atoms with Crippen molar-refractivity contribution in [3.8, 4) is 16.9 Å². The first kappa shape index (κ1) is 13.7. The molecule has 1 atom stereocenters. The van der Waals surface area contributed by atoms with Crippen LogP contribution in [0, 0.1) is 0 Å². The molecule has 0 bridgehead atoms. The van der Waals surface area contributed by atoms with Crippen molar-refractivity contribution >= 4 is 23.2 Å². The minimum Gasteiger partial charge on any atom is -0.495 e. The first-order chi connectivity index (χ1) is 9.60. The van der Waals surface area contributed by atoms with Crippen LogP contribution >= 0.6 is 23.2 Å². The van der Waals surface area contributed by atoms with Gasteiger partial charge >= 0.3 is 0 Å². The van der Waals surface area contributed by atoms with Gasteiger partial charge in [-0.1, -0.05) is 41.4 Å². The van der Waals surface area contributed by atoms with Gasteiger partial charge in [0.15, 0.2) is 0 Å². The molecule has 0 aromatic heterocycles. The van der Waals surface area contributed by atoms with Crippen LogP contribution in [-0.4, -0.2) is 7.11 Å². The average Bonchev–Trinajstić information content (AvgIpc) is 2.82. The fourth-order valence-corrected chi connectivity index (χ4v) is 3.23. The SMILES string of the molecule is COc1cc(Cl)c(-c2ccc3c(c2)CCC3N)cc1Cl. The number of aryl methyl sites for hydroxylation is 1. The molecule has 2 aromatic carbocycles. The van der Waals surface area contributed by atoms with Gasteiger partial charge in [0, 0.05) is 17.7 Å². The van der Waals surface area contributed by atoms with Crippen LogP contribution in [0.4, 0.5) is 0 Å². The van der Waals surface area contributed by atoms with E-state index in [1.54, 1.807) is 13.2 Å². The number of fused-ring (bicyclic) bond motifs is 1. The number of hydrogen-bond donors (Lipinski definition) is 1. The van der Waals surface area contributed by atoms with Gasteiger partial charge in [-0.15, -0.1) is 0 Å². The number of ether oxygens (including phenoxy) is 1. The third-order valence-electron chi connectivity index (χ3n) is 3.82. The fraction of sp³-hybridized carbons (Fsp3) is 0.250. The zero-order valence-electron chi connectivity index (χ0n) is 11.1. The molecule has 2 N–H and O–H groups in total. The Hall–Kier alpha value is -1.22. The van der Waals surface area contributed by atoms with Crippen molar-refractivity contribution in [2.24, 2.45) is 5.73 Å². The van der Waals surface area contributed by atoms with E-state index in [0.29, 0.717) is 15.8 Å². The van der Waals surface area contributed by atoms with Crippen LogP contribution < -0.4 is 10.5 Å². The van der Waals surface area contributed by atoms with E-state index in [1.807, 2.05) is 12.1 Å². The highest BCUT2D eigenvalue weighted by atomic mass is 35.5. The summed E-state index contributed by atoms with van der Waals surface area (Å²) in [6.07, 6.45) is 2.03. The zero-order chi connectivity index (χ0) is 14.3. The summed E-state index contributed by atoms with van der Waals surface area (Å²) in [6.45, 7) is 0. The van der Waals surface area contributed by atoms with Crippen LogP contribution in [0.25, 0.3) is 11.1 Å². The van der Waals surface area contributed by atoms with E-state index in [1.165, 1.54) is 11.1 Å². The van der Waals surface area contributed by atoms with Crippen LogP contribution in [0.3, 0.4) is 0 Å². The van der Waals surface area contributed by atoms with E-state index in [2.05, 4.69) is 12.1 Å². The van der Waals surface area contributed by atoms with Gasteiger partial charge < -0.3 is 10.5 Å². The fourth-order valence-electron chi connectivity index (χ4n) is 2.72. The molecular formula is C16H15Cl2NO. The van der Waals surface area contributed by atoms with E-state index in [4.69, 9.17) is 33.7 Å². The van der Waals surface area contributed by atoms with Crippen LogP contribution in [-0.2, 0) is 6.42 Å². The molecule has 0 saturated heterocycles. The van der Waals surface area contributed by atoms with Crippen molar-refractivity contribution in [3.05, 3.63) is 51.5 Å². The van der Waals surface area contributed by atoms with E-state index in [9.17, 15) is 0 Å².